The molecule has 3 rings (SSSR count). The van der Waals surface area contributed by atoms with Crippen LogP contribution in [0, 0.1) is 0 Å². The number of hydrogen-bond acceptors (Lipinski definition) is 5. The van der Waals surface area contributed by atoms with Gasteiger partial charge in [0.25, 0.3) is 0 Å². The van der Waals surface area contributed by atoms with E-state index < -0.39 is 29.7 Å². The Morgan fingerprint density at radius 1 is 0.913 bits per heavy atom. The normalized spacial score (nSPS) is 15.3. The van der Waals surface area contributed by atoms with E-state index in [1.165, 1.54) is 8.05 Å². The average Bonchev–Trinajstić information content (AvgIpc) is 2.84. The molecule has 1 atom stereocenters. The van der Waals surface area contributed by atoms with Crippen molar-refractivity contribution in [3.05, 3.63) is 71.3 Å². The molecule has 0 radical (unpaired) electrons. The molecule has 2 aromatic rings. The quantitative estimate of drug-likeness (QED) is 0.629. The molecule has 0 bridgehead atoms. The van der Waals surface area contributed by atoms with E-state index >= 15 is 0 Å². The summed E-state index contributed by atoms with van der Waals surface area (Å²) in [6, 6.07) is 15.1. The van der Waals surface area contributed by atoms with Gasteiger partial charge in [-0.25, -0.2) is 0 Å². The highest BCUT2D eigenvalue weighted by Gasteiger charge is 2.42. The zero-order chi connectivity index (χ0) is 16.4. The van der Waals surface area contributed by atoms with Crippen molar-refractivity contribution in [2.75, 3.05) is 0 Å². The minimum atomic E-state index is -1.32. The van der Waals surface area contributed by atoms with Crippen LogP contribution in [0.3, 0.4) is 0 Å². The molecule has 0 amide bonds. The molecule has 0 unspecified atom stereocenters. The Balaban J connectivity index is 1.92. The molecule has 0 fully saturated rings. The third-order valence-corrected chi connectivity index (χ3v) is 3.72. The lowest BCUT2D eigenvalue weighted by Gasteiger charge is -2.19. The first-order valence-electron chi connectivity index (χ1n) is 7.09. The molecule has 0 aliphatic heterocycles. The number of ether oxygens (including phenoxy) is 1. The zero-order valence-electron chi connectivity index (χ0n) is 12.4. The number of Topliss-reactive ketones (excluding diaryl/α,β-unsaturated/α-hetero) is 2. The molecule has 6 heteroatoms. The summed E-state index contributed by atoms with van der Waals surface area (Å²) in [5.74, 6) is -1.53. The van der Waals surface area contributed by atoms with Gasteiger partial charge in [0.15, 0.2) is 23.8 Å². The summed E-state index contributed by atoms with van der Waals surface area (Å²) in [5, 5.41) is 0. The summed E-state index contributed by atoms with van der Waals surface area (Å²) in [6.45, 7) is 0. The second kappa shape index (κ2) is 6.18. The number of carbonyl (C=O) groups is 3. The van der Waals surface area contributed by atoms with Crippen LogP contribution in [0.2, 0.25) is 0 Å². The van der Waals surface area contributed by atoms with Crippen LogP contribution in [0.4, 0.5) is 0 Å². The van der Waals surface area contributed by atoms with Crippen molar-refractivity contribution in [2.45, 2.75) is 12.2 Å². The molecule has 23 heavy (non-hydrogen) atoms. The van der Waals surface area contributed by atoms with Crippen LogP contribution in [-0.2, 0) is 14.2 Å². The van der Waals surface area contributed by atoms with Gasteiger partial charge in [-0.05, 0) is 5.56 Å². The maximum Gasteiger partial charge on any atom is 0.326 e. The van der Waals surface area contributed by atoms with Gasteiger partial charge >= 0.3 is 14.0 Å². The van der Waals surface area contributed by atoms with Gasteiger partial charge in [-0.3, -0.25) is 14.4 Å². The lowest BCUT2D eigenvalue weighted by atomic mass is 10.1. The van der Waals surface area contributed by atoms with E-state index in [0.717, 1.165) is 0 Å². The SMILES string of the molecule is BOC(=O)[C@@H](OC1C(=O)c2ccccc2C1=O)c1ccccc1. The van der Waals surface area contributed by atoms with Gasteiger partial charge in [0.2, 0.25) is 0 Å². The molecule has 0 spiro atoms. The van der Waals surface area contributed by atoms with Gasteiger partial charge in [0.05, 0.1) is 0 Å². The minimum Gasteiger partial charge on any atom is -0.541 e. The molecule has 0 N–H and O–H groups in total. The van der Waals surface area contributed by atoms with Crippen LogP contribution in [0.1, 0.15) is 32.4 Å². The van der Waals surface area contributed by atoms with Gasteiger partial charge in [-0.1, -0.05) is 54.6 Å². The van der Waals surface area contributed by atoms with Crippen LogP contribution in [0.5, 0.6) is 0 Å². The number of rotatable bonds is 4. The number of ketones is 2. The lowest BCUT2D eigenvalue weighted by Crippen LogP contribution is -2.31. The van der Waals surface area contributed by atoms with Gasteiger partial charge in [0.1, 0.15) is 0 Å². The zero-order valence-corrected chi connectivity index (χ0v) is 12.4. The highest BCUT2D eigenvalue weighted by atomic mass is 16.6. The first kappa shape index (κ1) is 15.2. The number of fused-ring (bicyclic) bond motifs is 1. The van der Waals surface area contributed by atoms with E-state index in [1.807, 2.05) is 0 Å². The lowest BCUT2D eigenvalue weighted by molar-refractivity contribution is -0.148. The first-order chi connectivity index (χ1) is 11.1. The van der Waals surface area contributed by atoms with Gasteiger partial charge in [0, 0.05) is 11.1 Å². The van der Waals surface area contributed by atoms with E-state index in [-0.39, 0.29) is 0 Å². The van der Waals surface area contributed by atoms with E-state index in [0.29, 0.717) is 16.7 Å². The van der Waals surface area contributed by atoms with Crippen molar-refractivity contribution in [1.29, 1.82) is 0 Å². The Bertz CT molecular complexity index is 737. The molecule has 114 valence electrons. The second-order valence-electron chi connectivity index (χ2n) is 5.10. The highest BCUT2D eigenvalue weighted by Crippen LogP contribution is 2.29. The van der Waals surface area contributed by atoms with Gasteiger partial charge in [-0.2, -0.15) is 0 Å². The van der Waals surface area contributed by atoms with Crippen molar-refractivity contribution < 1.29 is 23.8 Å². The van der Waals surface area contributed by atoms with Crippen LogP contribution in [0.25, 0.3) is 0 Å². The predicted molar refractivity (Wildman–Crippen MR) is 83.8 cm³/mol. The number of carbonyl (C=O) groups excluding carboxylic acids is 3. The fourth-order valence-electron chi connectivity index (χ4n) is 2.58. The third-order valence-electron chi connectivity index (χ3n) is 3.72. The fourth-order valence-corrected chi connectivity index (χ4v) is 2.58. The summed E-state index contributed by atoms with van der Waals surface area (Å²) in [6.07, 6.45) is -2.45. The molecular formula is C17H13BO5. The van der Waals surface area contributed by atoms with Gasteiger partial charge < -0.3 is 9.39 Å². The summed E-state index contributed by atoms with van der Waals surface area (Å²) < 4.78 is 10.3. The van der Waals surface area contributed by atoms with E-state index in [4.69, 9.17) is 9.39 Å². The van der Waals surface area contributed by atoms with Crippen molar-refractivity contribution in [2.24, 2.45) is 0 Å². The molecule has 0 aromatic heterocycles. The molecule has 1 aliphatic carbocycles. The molecule has 1 aliphatic rings. The van der Waals surface area contributed by atoms with Crippen molar-refractivity contribution >= 4 is 25.6 Å². The monoisotopic (exact) mass is 308 g/mol. The maximum atomic E-state index is 12.4. The standard InChI is InChI=1S/C17H13BO5/c18-23-17(21)15(10-6-2-1-3-7-10)22-16-13(19)11-8-4-5-9-12(11)14(16)20/h1-9,15-16H,18H2/t15-/m0/s1. The summed E-state index contributed by atoms with van der Waals surface area (Å²) in [7, 11) is 1.23. The van der Waals surface area contributed by atoms with E-state index in [1.54, 1.807) is 54.6 Å². The number of hydrogen-bond donors (Lipinski definition) is 0. The molecule has 5 nitrogen and oxygen atoms in total. The molecule has 0 saturated carbocycles. The first-order valence-corrected chi connectivity index (χ1v) is 7.09. The Labute approximate surface area is 133 Å². The summed E-state index contributed by atoms with van der Waals surface area (Å²) in [4.78, 5) is 36.8. The van der Waals surface area contributed by atoms with Crippen LogP contribution in [-0.4, -0.2) is 31.7 Å². The Kier molecular flexibility index (Phi) is 4.08. The van der Waals surface area contributed by atoms with Gasteiger partial charge in [-0.15, -0.1) is 0 Å². The molecule has 0 heterocycles. The Morgan fingerprint density at radius 2 is 1.43 bits per heavy atom. The maximum absolute atomic E-state index is 12.4. The van der Waals surface area contributed by atoms with E-state index in [9.17, 15) is 14.4 Å². The molecular weight excluding hydrogens is 295 g/mol. The summed E-state index contributed by atoms with van der Waals surface area (Å²) >= 11 is 0. The molecule has 2 aromatic carbocycles. The average molecular weight is 308 g/mol. The van der Waals surface area contributed by atoms with E-state index in [2.05, 4.69) is 0 Å². The van der Waals surface area contributed by atoms with Crippen molar-refractivity contribution in [1.82, 2.24) is 0 Å². The van der Waals surface area contributed by atoms with Crippen LogP contribution < -0.4 is 0 Å². The largest absolute Gasteiger partial charge is 0.541 e. The van der Waals surface area contributed by atoms with Crippen molar-refractivity contribution in [3.8, 4) is 0 Å². The summed E-state index contributed by atoms with van der Waals surface area (Å²) in [5.41, 5.74) is 1.16. The molecule has 0 saturated heterocycles. The second-order valence-corrected chi connectivity index (χ2v) is 5.10. The Morgan fingerprint density at radius 3 is 1.96 bits per heavy atom. The van der Waals surface area contributed by atoms with Crippen LogP contribution in [0.15, 0.2) is 54.6 Å². The minimum absolute atomic E-state index is 0.319. The van der Waals surface area contributed by atoms with Crippen LogP contribution >= 0.6 is 0 Å². The smallest absolute Gasteiger partial charge is 0.326 e. The topological polar surface area (TPSA) is 69.7 Å². The fraction of sp³-hybridized carbons (Fsp3) is 0.118. The highest BCUT2D eigenvalue weighted by molar-refractivity contribution is 6.28. The van der Waals surface area contributed by atoms with Crippen molar-refractivity contribution in [3.63, 3.8) is 0 Å². The Hall–Kier alpha value is -2.73. The number of benzene rings is 2. The third kappa shape index (κ3) is 2.69. The predicted octanol–water partition coefficient (Wildman–Crippen LogP) is 1.28.